The Morgan fingerprint density at radius 1 is 1.32 bits per heavy atom. The summed E-state index contributed by atoms with van der Waals surface area (Å²) < 4.78 is 0. The van der Waals surface area contributed by atoms with Crippen LogP contribution in [0.2, 0.25) is 5.02 Å². The number of imide groups is 1. The van der Waals surface area contributed by atoms with Crippen molar-refractivity contribution in [2.24, 2.45) is 0 Å². The van der Waals surface area contributed by atoms with E-state index in [-0.39, 0.29) is 24.3 Å². The molecule has 1 aliphatic rings. The lowest BCUT2D eigenvalue weighted by Gasteiger charge is -2.21. The summed E-state index contributed by atoms with van der Waals surface area (Å²) in [6.45, 7) is 5.73. The van der Waals surface area contributed by atoms with Crippen LogP contribution in [0.25, 0.3) is 0 Å². The van der Waals surface area contributed by atoms with Crippen molar-refractivity contribution in [3.8, 4) is 0 Å². The van der Waals surface area contributed by atoms with Crippen molar-refractivity contribution >= 4 is 29.1 Å². The number of carbonyl (C=O) groups excluding carboxylic acids is 2. The van der Waals surface area contributed by atoms with Crippen LogP contribution >= 0.6 is 11.6 Å². The standard InChI is InChI=1S/C14H17ClN2O2/c1-3-16(4-2)12-9-13(18)17(14(12)19)11-7-5-6-10(15)8-11/h5-8,12H,3-4,9H2,1-2H3/p+1/t12-/m0/s1. The number of quaternary nitrogens is 1. The number of nitrogens with zero attached hydrogens (tertiary/aromatic N) is 1. The molecular weight excluding hydrogens is 264 g/mol. The van der Waals surface area contributed by atoms with E-state index in [0.717, 1.165) is 18.0 Å². The topological polar surface area (TPSA) is 41.8 Å². The zero-order chi connectivity index (χ0) is 14.0. The summed E-state index contributed by atoms with van der Waals surface area (Å²) in [5.41, 5.74) is 0.566. The Morgan fingerprint density at radius 2 is 2.00 bits per heavy atom. The number of amides is 2. The Morgan fingerprint density at radius 3 is 2.58 bits per heavy atom. The van der Waals surface area contributed by atoms with Crippen LogP contribution in [-0.4, -0.2) is 30.9 Å². The highest BCUT2D eigenvalue weighted by atomic mass is 35.5. The largest absolute Gasteiger partial charge is 0.325 e. The van der Waals surface area contributed by atoms with Gasteiger partial charge in [0, 0.05) is 5.02 Å². The molecule has 0 aromatic heterocycles. The van der Waals surface area contributed by atoms with Crippen LogP contribution in [0.3, 0.4) is 0 Å². The first kappa shape index (κ1) is 14.0. The fourth-order valence-corrected chi connectivity index (χ4v) is 2.76. The van der Waals surface area contributed by atoms with Crippen LogP contribution in [0.1, 0.15) is 20.3 Å². The Kier molecular flexibility index (Phi) is 4.22. The van der Waals surface area contributed by atoms with Crippen LogP contribution < -0.4 is 9.80 Å². The van der Waals surface area contributed by atoms with Crippen molar-refractivity contribution in [1.82, 2.24) is 0 Å². The van der Waals surface area contributed by atoms with E-state index in [9.17, 15) is 9.59 Å². The molecule has 5 heteroatoms. The van der Waals surface area contributed by atoms with Gasteiger partial charge in [0.15, 0.2) is 6.04 Å². The number of hydrogen-bond acceptors (Lipinski definition) is 2. The molecule has 1 fully saturated rings. The molecule has 0 unspecified atom stereocenters. The maximum atomic E-state index is 12.4. The minimum atomic E-state index is -0.263. The number of benzene rings is 1. The van der Waals surface area contributed by atoms with Crippen molar-refractivity contribution in [1.29, 1.82) is 0 Å². The molecule has 0 aliphatic carbocycles. The molecular formula is C14H18ClN2O2+. The number of nitrogens with one attached hydrogen (secondary N) is 1. The summed E-state index contributed by atoms with van der Waals surface area (Å²) in [6, 6.07) is 6.60. The summed E-state index contributed by atoms with van der Waals surface area (Å²) >= 11 is 5.92. The summed E-state index contributed by atoms with van der Waals surface area (Å²) in [6.07, 6.45) is 0.280. The van der Waals surface area contributed by atoms with Crippen LogP contribution in [0, 0.1) is 0 Å². The SMILES string of the molecule is CC[NH+](CC)[C@H]1CC(=O)N(c2cccc(Cl)c2)C1=O. The second-order valence-corrected chi connectivity index (χ2v) is 5.11. The third-order valence-corrected chi connectivity index (χ3v) is 3.85. The molecule has 0 spiro atoms. The van der Waals surface area contributed by atoms with E-state index in [1.165, 1.54) is 4.90 Å². The zero-order valence-corrected chi connectivity index (χ0v) is 11.9. The molecule has 1 aromatic carbocycles. The van der Waals surface area contributed by atoms with Gasteiger partial charge in [-0.25, -0.2) is 4.90 Å². The number of likely N-dealkylation sites (N-methyl/N-ethyl adjacent to an activating group) is 1. The van der Waals surface area contributed by atoms with Gasteiger partial charge in [-0.3, -0.25) is 9.59 Å². The number of carbonyl (C=O) groups is 2. The third kappa shape index (κ3) is 2.65. The second kappa shape index (κ2) is 5.72. The monoisotopic (exact) mass is 281 g/mol. The summed E-state index contributed by atoms with van der Waals surface area (Å²) in [5, 5.41) is 0.525. The van der Waals surface area contributed by atoms with E-state index in [4.69, 9.17) is 11.6 Å². The summed E-state index contributed by atoms with van der Waals surface area (Å²) in [4.78, 5) is 26.9. The quantitative estimate of drug-likeness (QED) is 0.833. The normalized spacial score (nSPS) is 19.6. The van der Waals surface area contributed by atoms with E-state index in [0.29, 0.717) is 10.7 Å². The number of hydrogen-bond donors (Lipinski definition) is 1. The van der Waals surface area contributed by atoms with Crippen LogP contribution in [0.4, 0.5) is 5.69 Å². The molecule has 1 heterocycles. The molecule has 1 aliphatic heterocycles. The number of anilines is 1. The Labute approximate surface area is 117 Å². The van der Waals surface area contributed by atoms with Gasteiger partial charge in [-0.2, -0.15) is 0 Å². The van der Waals surface area contributed by atoms with Gasteiger partial charge in [-0.15, -0.1) is 0 Å². The molecule has 0 bridgehead atoms. The van der Waals surface area contributed by atoms with E-state index >= 15 is 0 Å². The lowest BCUT2D eigenvalue weighted by molar-refractivity contribution is -0.911. The van der Waals surface area contributed by atoms with Crippen molar-refractivity contribution in [3.63, 3.8) is 0 Å². The minimum absolute atomic E-state index is 0.119. The van der Waals surface area contributed by atoms with Gasteiger partial charge in [0.1, 0.15) is 0 Å². The average Bonchev–Trinajstić information content (AvgIpc) is 2.67. The van der Waals surface area contributed by atoms with Gasteiger partial charge in [0.25, 0.3) is 5.91 Å². The third-order valence-electron chi connectivity index (χ3n) is 3.61. The van der Waals surface area contributed by atoms with E-state index in [2.05, 4.69) is 0 Å². The summed E-state index contributed by atoms with van der Waals surface area (Å²) in [7, 11) is 0. The highest BCUT2D eigenvalue weighted by molar-refractivity contribution is 6.31. The van der Waals surface area contributed by atoms with Gasteiger partial charge in [-0.05, 0) is 32.0 Å². The summed E-state index contributed by atoms with van der Waals surface area (Å²) in [5.74, 6) is -0.261. The highest BCUT2D eigenvalue weighted by Crippen LogP contribution is 2.24. The lowest BCUT2D eigenvalue weighted by Crippen LogP contribution is -3.16. The van der Waals surface area contributed by atoms with Crippen LogP contribution in [-0.2, 0) is 9.59 Å². The predicted molar refractivity (Wildman–Crippen MR) is 74.4 cm³/mol. The van der Waals surface area contributed by atoms with Gasteiger partial charge in [0.2, 0.25) is 5.91 Å². The second-order valence-electron chi connectivity index (χ2n) is 4.67. The van der Waals surface area contributed by atoms with Crippen LogP contribution in [0.5, 0.6) is 0 Å². The first-order valence-corrected chi connectivity index (χ1v) is 6.93. The van der Waals surface area contributed by atoms with Crippen molar-refractivity contribution in [2.45, 2.75) is 26.3 Å². The van der Waals surface area contributed by atoms with E-state index < -0.39 is 0 Å². The van der Waals surface area contributed by atoms with Crippen LogP contribution in [0.15, 0.2) is 24.3 Å². The fourth-order valence-electron chi connectivity index (χ4n) is 2.58. The molecule has 2 rings (SSSR count). The van der Waals surface area contributed by atoms with E-state index in [1.807, 2.05) is 13.8 Å². The Balaban J connectivity index is 2.28. The average molecular weight is 282 g/mol. The maximum absolute atomic E-state index is 12.4. The first-order valence-electron chi connectivity index (χ1n) is 6.55. The molecule has 1 atom stereocenters. The molecule has 19 heavy (non-hydrogen) atoms. The predicted octanol–water partition coefficient (Wildman–Crippen LogP) is 0.897. The van der Waals surface area contributed by atoms with Crippen molar-refractivity contribution in [3.05, 3.63) is 29.3 Å². The molecule has 0 radical (unpaired) electrons. The molecule has 1 N–H and O–H groups in total. The fraction of sp³-hybridized carbons (Fsp3) is 0.429. The van der Waals surface area contributed by atoms with E-state index in [1.54, 1.807) is 24.3 Å². The Bertz CT molecular complexity index is 500. The van der Waals surface area contributed by atoms with Gasteiger partial charge >= 0.3 is 0 Å². The Hall–Kier alpha value is -1.39. The maximum Gasteiger partial charge on any atom is 0.292 e. The molecule has 4 nitrogen and oxygen atoms in total. The van der Waals surface area contributed by atoms with Crippen molar-refractivity contribution in [2.75, 3.05) is 18.0 Å². The molecule has 0 saturated carbocycles. The first-order chi connectivity index (χ1) is 9.08. The van der Waals surface area contributed by atoms with Gasteiger partial charge in [-0.1, -0.05) is 17.7 Å². The molecule has 2 amide bonds. The number of rotatable bonds is 4. The van der Waals surface area contributed by atoms with Gasteiger partial charge in [0.05, 0.1) is 25.2 Å². The van der Waals surface area contributed by atoms with Gasteiger partial charge < -0.3 is 4.90 Å². The highest BCUT2D eigenvalue weighted by Gasteiger charge is 2.44. The van der Waals surface area contributed by atoms with Crippen molar-refractivity contribution < 1.29 is 14.5 Å². The molecule has 102 valence electrons. The number of halogens is 1. The molecule has 1 aromatic rings. The molecule has 1 saturated heterocycles. The zero-order valence-electron chi connectivity index (χ0n) is 11.1. The lowest BCUT2D eigenvalue weighted by atomic mass is 10.2. The minimum Gasteiger partial charge on any atom is -0.325 e. The smallest absolute Gasteiger partial charge is 0.292 e.